The van der Waals surface area contributed by atoms with Crippen molar-refractivity contribution in [2.24, 2.45) is 0 Å². The SMILES string of the molecule is Cc1csc(-c2ccc(Br)cn2)n1. The number of halogens is 1. The number of rotatable bonds is 1. The maximum atomic E-state index is 4.35. The van der Waals surface area contributed by atoms with Crippen LogP contribution in [0.4, 0.5) is 0 Å². The topological polar surface area (TPSA) is 25.8 Å². The monoisotopic (exact) mass is 254 g/mol. The van der Waals surface area contributed by atoms with E-state index < -0.39 is 0 Å². The van der Waals surface area contributed by atoms with Crippen LogP contribution >= 0.6 is 27.3 Å². The molecule has 66 valence electrons. The Kier molecular flexibility index (Phi) is 2.42. The van der Waals surface area contributed by atoms with Crippen LogP contribution in [0.1, 0.15) is 5.69 Å². The van der Waals surface area contributed by atoms with E-state index in [1.54, 1.807) is 17.5 Å². The Morgan fingerprint density at radius 3 is 2.77 bits per heavy atom. The highest BCUT2D eigenvalue weighted by Crippen LogP contribution is 2.22. The Morgan fingerprint density at radius 1 is 1.38 bits per heavy atom. The van der Waals surface area contributed by atoms with Crippen LogP contribution in [0, 0.1) is 6.92 Å². The first-order valence-electron chi connectivity index (χ1n) is 3.80. The summed E-state index contributed by atoms with van der Waals surface area (Å²) in [4.78, 5) is 8.61. The van der Waals surface area contributed by atoms with Gasteiger partial charge in [0.25, 0.3) is 0 Å². The van der Waals surface area contributed by atoms with E-state index in [2.05, 4.69) is 25.9 Å². The van der Waals surface area contributed by atoms with Gasteiger partial charge in [0.1, 0.15) is 5.01 Å². The molecule has 2 rings (SSSR count). The zero-order chi connectivity index (χ0) is 9.26. The minimum Gasteiger partial charge on any atom is -0.253 e. The van der Waals surface area contributed by atoms with E-state index in [1.165, 1.54) is 0 Å². The largest absolute Gasteiger partial charge is 0.253 e. The van der Waals surface area contributed by atoms with Crippen LogP contribution < -0.4 is 0 Å². The summed E-state index contributed by atoms with van der Waals surface area (Å²) >= 11 is 4.96. The van der Waals surface area contributed by atoms with Crippen LogP contribution in [0.25, 0.3) is 10.7 Å². The molecule has 0 aliphatic carbocycles. The van der Waals surface area contributed by atoms with Crippen LogP contribution in [0.15, 0.2) is 28.2 Å². The van der Waals surface area contributed by atoms with Crippen molar-refractivity contribution in [3.05, 3.63) is 33.9 Å². The molecular formula is C9H7BrN2S. The molecule has 2 nitrogen and oxygen atoms in total. The smallest absolute Gasteiger partial charge is 0.142 e. The number of aryl methyl sites for hydroxylation is 1. The molecule has 0 saturated heterocycles. The van der Waals surface area contributed by atoms with Gasteiger partial charge >= 0.3 is 0 Å². The molecule has 0 atom stereocenters. The molecule has 0 saturated carbocycles. The van der Waals surface area contributed by atoms with Gasteiger partial charge in [-0.25, -0.2) is 4.98 Å². The molecule has 0 fully saturated rings. The highest BCUT2D eigenvalue weighted by atomic mass is 79.9. The first kappa shape index (κ1) is 8.84. The van der Waals surface area contributed by atoms with Crippen molar-refractivity contribution in [2.75, 3.05) is 0 Å². The third-order valence-electron chi connectivity index (χ3n) is 1.57. The fraction of sp³-hybridized carbons (Fsp3) is 0.111. The van der Waals surface area contributed by atoms with Crippen LogP contribution in [0.5, 0.6) is 0 Å². The zero-order valence-electron chi connectivity index (χ0n) is 6.99. The summed E-state index contributed by atoms with van der Waals surface area (Å²) in [5.41, 5.74) is 1.98. The lowest BCUT2D eigenvalue weighted by Crippen LogP contribution is -1.81. The van der Waals surface area contributed by atoms with E-state index in [-0.39, 0.29) is 0 Å². The summed E-state index contributed by atoms with van der Waals surface area (Å²) in [5, 5.41) is 3.00. The van der Waals surface area contributed by atoms with Crippen LogP contribution in [0.2, 0.25) is 0 Å². The quantitative estimate of drug-likeness (QED) is 0.781. The molecule has 0 aliphatic heterocycles. The zero-order valence-corrected chi connectivity index (χ0v) is 9.39. The van der Waals surface area contributed by atoms with Gasteiger partial charge < -0.3 is 0 Å². The van der Waals surface area contributed by atoms with E-state index in [9.17, 15) is 0 Å². The second-order valence-corrected chi connectivity index (χ2v) is 4.43. The number of nitrogens with zero attached hydrogens (tertiary/aromatic N) is 2. The van der Waals surface area contributed by atoms with Crippen molar-refractivity contribution in [1.82, 2.24) is 9.97 Å². The van der Waals surface area contributed by atoms with Crippen molar-refractivity contribution in [3.8, 4) is 10.7 Å². The van der Waals surface area contributed by atoms with E-state index in [4.69, 9.17) is 0 Å². The lowest BCUT2D eigenvalue weighted by Gasteiger charge is -1.94. The lowest BCUT2D eigenvalue weighted by atomic mass is 10.4. The van der Waals surface area contributed by atoms with Crippen molar-refractivity contribution in [2.45, 2.75) is 6.92 Å². The van der Waals surface area contributed by atoms with Crippen LogP contribution in [0.3, 0.4) is 0 Å². The summed E-state index contributed by atoms with van der Waals surface area (Å²) in [6.07, 6.45) is 1.78. The fourth-order valence-corrected chi connectivity index (χ4v) is 1.98. The molecule has 0 unspecified atom stereocenters. The van der Waals surface area contributed by atoms with Gasteiger partial charge in [0.15, 0.2) is 0 Å². The molecule has 2 heterocycles. The number of aromatic nitrogens is 2. The Morgan fingerprint density at radius 2 is 2.23 bits per heavy atom. The van der Waals surface area contributed by atoms with E-state index in [0.29, 0.717) is 0 Å². The molecular weight excluding hydrogens is 248 g/mol. The summed E-state index contributed by atoms with van der Waals surface area (Å²) in [5.74, 6) is 0. The average Bonchev–Trinajstić information content (AvgIpc) is 2.53. The number of thiazole rings is 1. The number of hydrogen-bond donors (Lipinski definition) is 0. The molecule has 0 aliphatic rings. The maximum absolute atomic E-state index is 4.35. The lowest BCUT2D eigenvalue weighted by molar-refractivity contribution is 1.23. The third-order valence-corrected chi connectivity index (χ3v) is 3.02. The van der Waals surface area contributed by atoms with E-state index in [1.807, 2.05) is 24.4 Å². The normalized spacial score (nSPS) is 10.3. The highest BCUT2D eigenvalue weighted by molar-refractivity contribution is 9.10. The van der Waals surface area contributed by atoms with Crippen LogP contribution in [-0.2, 0) is 0 Å². The molecule has 0 bridgehead atoms. The molecule has 0 amide bonds. The van der Waals surface area contributed by atoms with Gasteiger partial charge in [0, 0.05) is 21.7 Å². The summed E-state index contributed by atoms with van der Waals surface area (Å²) in [6.45, 7) is 1.98. The Hall–Kier alpha value is -0.740. The molecule has 4 heteroatoms. The van der Waals surface area contributed by atoms with Crippen molar-refractivity contribution in [1.29, 1.82) is 0 Å². The first-order valence-corrected chi connectivity index (χ1v) is 5.47. The van der Waals surface area contributed by atoms with Gasteiger partial charge in [0.05, 0.1) is 5.69 Å². The Bertz CT molecular complexity index is 408. The van der Waals surface area contributed by atoms with Gasteiger partial charge in [-0.3, -0.25) is 4.98 Å². The molecule has 0 aromatic carbocycles. The fourth-order valence-electron chi connectivity index (χ4n) is 0.974. The third kappa shape index (κ3) is 1.95. The average molecular weight is 255 g/mol. The first-order chi connectivity index (χ1) is 6.25. The molecule has 0 spiro atoms. The van der Waals surface area contributed by atoms with Crippen molar-refractivity contribution >= 4 is 27.3 Å². The van der Waals surface area contributed by atoms with Crippen molar-refractivity contribution in [3.63, 3.8) is 0 Å². The molecule has 0 radical (unpaired) electrons. The van der Waals surface area contributed by atoms with Gasteiger partial charge in [-0.2, -0.15) is 0 Å². The predicted octanol–water partition coefficient (Wildman–Crippen LogP) is 3.28. The second-order valence-electron chi connectivity index (χ2n) is 2.66. The van der Waals surface area contributed by atoms with Crippen molar-refractivity contribution < 1.29 is 0 Å². The molecule has 2 aromatic rings. The van der Waals surface area contributed by atoms with E-state index >= 15 is 0 Å². The standard InChI is InChI=1S/C9H7BrN2S/c1-6-5-13-9(12-6)8-3-2-7(10)4-11-8/h2-5H,1H3. The number of hydrogen-bond acceptors (Lipinski definition) is 3. The highest BCUT2D eigenvalue weighted by Gasteiger charge is 2.02. The Labute approximate surface area is 88.8 Å². The van der Waals surface area contributed by atoms with E-state index in [0.717, 1.165) is 20.9 Å². The molecule has 13 heavy (non-hydrogen) atoms. The minimum atomic E-state index is 0.932. The van der Waals surface area contributed by atoms with Gasteiger partial charge in [0.2, 0.25) is 0 Å². The molecule has 2 aromatic heterocycles. The summed E-state index contributed by atoms with van der Waals surface area (Å²) in [6, 6.07) is 3.93. The predicted molar refractivity (Wildman–Crippen MR) is 57.8 cm³/mol. The summed E-state index contributed by atoms with van der Waals surface area (Å²) in [7, 11) is 0. The number of pyridine rings is 1. The van der Waals surface area contributed by atoms with Crippen LogP contribution in [-0.4, -0.2) is 9.97 Å². The minimum absolute atomic E-state index is 0.932. The Balaban J connectivity index is 2.41. The van der Waals surface area contributed by atoms with Gasteiger partial charge in [-0.05, 0) is 35.0 Å². The second kappa shape index (κ2) is 3.55. The summed E-state index contributed by atoms with van der Waals surface area (Å²) < 4.78 is 0.990. The van der Waals surface area contributed by atoms with Gasteiger partial charge in [-0.15, -0.1) is 11.3 Å². The van der Waals surface area contributed by atoms with Gasteiger partial charge in [-0.1, -0.05) is 0 Å². The maximum Gasteiger partial charge on any atom is 0.142 e. The molecule has 0 N–H and O–H groups in total.